The number of nitro benzene ring substituents is 1. The van der Waals surface area contributed by atoms with Crippen LogP contribution in [0.1, 0.15) is 48.3 Å². The van der Waals surface area contributed by atoms with Gasteiger partial charge in [-0.2, -0.15) is 0 Å². The lowest BCUT2D eigenvalue weighted by molar-refractivity contribution is -0.384. The van der Waals surface area contributed by atoms with E-state index in [1.54, 1.807) is 12.1 Å². The van der Waals surface area contributed by atoms with Crippen LogP contribution >= 0.6 is 0 Å². The summed E-state index contributed by atoms with van der Waals surface area (Å²) in [6.45, 7) is 1.67. The van der Waals surface area contributed by atoms with Crippen LogP contribution < -0.4 is 5.73 Å². The van der Waals surface area contributed by atoms with E-state index >= 15 is 0 Å². The molecule has 5 nitrogen and oxygen atoms in total. The maximum Gasteiger partial charge on any atom is 0.269 e. The molecule has 0 radical (unpaired) electrons. The summed E-state index contributed by atoms with van der Waals surface area (Å²) < 4.78 is 0. The van der Waals surface area contributed by atoms with Crippen LogP contribution in [0.3, 0.4) is 0 Å². The number of nitrogens with two attached hydrogens (primary N) is 1. The van der Waals surface area contributed by atoms with Gasteiger partial charge in [-0.15, -0.1) is 0 Å². The first-order chi connectivity index (χ1) is 15.6. The van der Waals surface area contributed by atoms with E-state index in [1.165, 1.54) is 11.1 Å². The van der Waals surface area contributed by atoms with E-state index in [4.69, 9.17) is 5.73 Å². The molecule has 166 valence electrons. The molecule has 3 aromatic rings. The second-order valence-corrected chi connectivity index (χ2v) is 8.80. The highest BCUT2D eigenvalue weighted by molar-refractivity contribution is 5.34. The van der Waals surface area contributed by atoms with Crippen molar-refractivity contribution in [3.8, 4) is 0 Å². The Morgan fingerprint density at radius 3 is 1.88 bits per heavy atom. The second kappa shape index (κ2) is 10.5. The van der Waals surface area contributed by atoms with Gasteiger partial charge in [0.05, 0.1) is 4.92 Å². The van der Waals surface area contributed by atoms with Gasteiger partial charge in [0.15, 0.2) is 0 Å². The Kier molecular flexibility index (Phi) is 7.30. The van der Waals surface area contributed by atoms with Gasteiger partial charge in [0.2, 0.25) is 0 Å². The standard InChI is InChI=1S/C27H31N3O2/c28-24-13-17-25(18-14-24)29(19-21-11-15-26(16-12-21)30(31)32)20-27(22-7-3-1-4-8-22)23-9-5-2-6-10-23/h1-12,15-16,24-25,27H,13-14,17-20,28H2. The molecular formula is C27H31N3O2. The third-order valence-electron chi connectivity index (χ3n) is 6.61. The fourth-order valence-corrected chi connectivity index (χ4v) is 4.78. The smallest absolute Gasteiger partial charge is 0.269 e. The van der Waals surface area contributed by atoms with Gasteiger partial charge in [-0.1, -0.05) is 72.8 Å². The van der Waals surface area contributed by atoms with Crippen LogP contribution in [0.5, 0.6) is 0 Å². The van der Waals surface area contributed by atoms with Crippen LogP contribution in [0, 0.1) is 10.1 Å². The third-order valence-corrected chi connectivity index (χ3v) is 6.61. The Balaban J connectivity index is 1.62. The topological polar surface area (TPSA) is 72.4 Å². The Morgan fingerprint density at radius 1 is 0.844 bits per heavy atom. The van der Waals surface area contributed by atoms with Gasteiger partial charge in [-0.05, 0) is 42.4 Å². The summed E-state index contributed by atoms with van der Waals surface area (Å²) in [5.41, 5.74) is 10.0. The molecule has 4 rings (SSSR count). The summed E-state index contributed by atoms with van der Waals surface area (Å²) in [7, 11) is 0. The molecule has 3 aromatic carbocycles. The minimum atomic E-state index is -0.342. The lowest BCUT2D eigenvalue weighted by Gasteiger charge is -2.38. The van der Waals surface area contributed by atoms with E-state index in [0.717, 1.165) is 44.3 Å². The molecule has 1 aliphatic rings. The van der Waals surface area contributed by atoms with Gasteiger partial charge in [-0.25, -0.2) is 0 Å². The molecule has 0 aromatic heterocycles. The van der Waals surface area contributed by atoms with Gasteiger partial charge in [0, 0.05) is 43.2 Å². The monoisotopic (exact) mass is 429 g/mol. The highest BCUT2D eigenvalue weighted by Gasteiger charge is 2.27. The number of hydrogen-bond donors (Lipinski definition) is 1. The van der Waals surface area contributed by atoms with Crippen molar-refractivity contribution in [2.75, 3.05) is 6.54 Å². The molecule has 0 spiro atoms. The molecule has 32 heavy (non-hydrogen) atoms. The number of rotatable bonds is 8. The molecule has 0 unspecified atom stereocenters. The van der Waals surface area contributed by atoms with Crippen molar-refractivity contribution in [2.45, 2.75) is 50.2 Å². The zero-order valence-electron chi connectivity index (χ0n) is 18.3. The summed E-state index contributed by atoms with van der Waals surface area (Å²) in [5, 5.41) is 11.1. The normalized spacial score (nSPS) is 18.7. The zero-order valence-corrected chi connectivity index (χ0v) is 18.3. The van der Waals surface area contributed by atoms with Crippen molar-refractivity contribution in [3.63, 3.8) is 0 Å². The Labute approximate surface area is 190 Å². The molecule has 0 amide bonds. The Bertz CT molecular complexity index is 945. The van der Waals surface area contributed by atoms with Gasteiger partial charge in [0.25, 0.3) is 5.69 Å². The molecule has 0 heterocycles. The van der Waals surface area contributed by atoms with E-state index in [0.29, 0.717) is 12.1 Å². The lowest BCUT2D eigenvalue weighted by atomic mass is 9.87. The van der Waals surface area contributed by atoms with E-state index in [2.05, 4.69) is 65.6 Å². The van der Waals surface area contributed by atoms with Crippen LogP contribution in [0.4, 0.5) is 5.69 Å². The van der Waals surface area contributed by atoms with Crippen LogP contribution in [0.15, 0.2) is 84.9 Å². The number of non-ortho nitro benzene ring substituents is 1. The van der Waals surface area contributed by atoms with Gasteiger partial charge >= 0.3 is 0 Å². The highest BCUT2D eigenvalue weighted by atomic mass is 16.6. The molecule has 0 aliphatic heterocycles. The lowest BCUT2D eigenvalue weighted by Crippen LogP contribution is -2.42. The second-order valence-electron chi connectivity index (χ2n) is 8.80. The van der Waals surface area contributed by atoms with Crippen molar-refractivity contribution in [1.82, 2.24) is 4.90 Å². The first-order valence-electron chi connectivity index (χ1n) is 11.4. The maximum atomic E-state index is 11.1. The number of benzene rings is 3. The maximum absolute atomic E-state index is 11.1. The Hall–Kier alpha value is -3.02. The van der Waals surface area contributed by atoms with Crippen molar-refractivity contribution in [2.24, 2.45) is 5.73 Å². The quantitative estimate of drug-likeness (QED) is 0.379. The van der Waals surface area contributed by atoms with Gasteiger partial charge < -0.3 is 5.73 Å². The van der Waals surface area contributed by atoms with E-state index in [1.807, 2.05) is 12.1 Å². The summed E-state index contributed by atoms with van der Waals surface area (Å²) in [5.74, 6) is 0.256. The molecule has 5 heteroatoms. The first-order valence-corrected chi connectivity index (χ1v) is 11.4. The predicted molar refractivity (Wildman–Crippen MR) is 128 cm³/mol. The summed E-state index contributed by atoms with van der Waals surface area (Å²) in [6.07, 6.45) is 4.26. The van der Waals surface area contributed by atoms with Crippen molar-refractivity contribution < 1.29 is 4.92 Å². The van der Waals surface area contributed by atoms with Crippen molar-refractivity contribution in [1.29, 1.82) is 0 Å². The predicted octanol–water partition coefficient (Wildman–Crippen LogP) is 5.50. The molecule has 0 bridgehead atoms. The summed E-state index contributed by atoms with van der Waals surface area (Å²) >= 11 is 0. The van der Waals surface area contributed by atoms with Crippen molar-refractivity contribution in [3.05, 3.63) is 112 Å². The minimum absolute atomic E-state index is 0.135. The molecule has 0 saturated heterocycles. The highest BCUT2D eigenvalue weighted by Crippen LogP contribution is 2.31. The van der Waals surface area contributed by atoms with Gasteiger partial charge in [-0.3, -0.25) is 15.0 Å². The van der Waals surface area contributed by atoms with Crippen LogP contribution in [-0.4, -0.2) is 28.5 Å². The molecular weight excluding hydrogens is 398 g/mol. The van der Waals surface area contributed by atoms with Crippen LogP contribution in [0.2, 0.25) is 0 Å². The molecule has 1 fully saturated rings. The van der Waals surface area contributed by atoms with Gasteiger partial charge in [0.1, 0.15) is 0 Å². The fourth-order valence-electron chi connectivity index (χ4n) is 4.78. The van der Waals surface area contributed by atoms with E-state index in [9.17, 15) is 10.1 Å². The van der Waals surface area contributed by atoms with E-state index < -0.39 is 0 Å². The van der Waals surface area contributed by atoms with Crippen LogP contribution in [0.25, 0.3) is 0 Å². The third kappa shape index (κ3) is 5.61. The van der Waals surface area contributed by atoms with Crippen molar-refractivity contribution >= 4 is 5.69 Å². The zero-order chi connectivity index (χ0) is 22.3. The van der Waals surface area contributed by atoms with Crippen LogP contribution in [-0.2, 0) is 6.54 Å². The van der Waals surface area contributed by atoms with E-state index in [-0.39, 0.29) is 16.5 Å². The fraction of sp³-hybridized carbons (Fsp3) is 0.333. The number of nitrogens with zero attached hydrogens (tertiary/aromatic N) is 2. The minimum Gasteiger partial charge on any atom is -0.328 e. The molecule has 0 atom stereocenters. The average molecular weight is 430 g/mol. The molecule has 1 aliphatic carbocycles. The number of hydrogen-bond acceptors (Lipinski definition) is 4. The largest absolute Gasteiger partial charge is 0.328 e. The summed E-state index contributed by atoms with van der Waals surface area (Å²) in [4.78, 5) is 13.3. The average Bonchev–Trinajstić information content (AvgIpc) is 2.83. The number of nitro groups is 1. The molecule has 1 saturated carbocycles. The SMILES string of the molecule is NC1CCC(N(Cc2ccc([N+](=O)[O-])cc2)CC(c2ccccc2)c2ccccc2)CC1. The first kappa shape index (κ1) is 22.2. The Morgan fingerprint density at radius 2 is 1.38 bits per heavy atom. The molecule has 2 N–H and O–H groups in total. The summed E-state index contributed by atoms with van der Waals surface area (Å²) in [6, 6.07) is 29.1.